The third-order valence-corrected chi connectivity index (χ3v) is 2.94. The van der Waals surface area contributed by atoms with E-state index in [0.29, 0.717) is 17.0 Å². The summed E-state index contributed by atoms with van der Waals surface area (Å²) >= 11 is 0. The molecule has 4 heteroatoms. The molecule has 20 heavy (non-hydrogen) atoms. The van der Waals surface area contributed by atoms with E-state index >= 15 is 0 Å². The third-order valence-electron chi connectivity index (χ3n) is 2.94. The zero-order valence-corrected chi connectivity index (χ0v) is 11.4. The van der Waals surface area contributed by atoms with Crippen LogP contribution >= 0.6 is 0 Å². The van der Waals surface area contributed by atoms with Crippen LogP contribution in [0.1, 0.15) is 23.0 Å². The molecule has 1 aromatic heterocycles. The summed E-state index contributed by atoms with van der Waals surface area (Å²) in [6.07, 6.45) is 3.29. The van der Waals surface area contributed by atoms with E-state index < -0.39 is 5.97 Å². The molecule has 0 radical (unpaired) electrons. The minimum Gasteiger partial charge on any atom is -0.464 e. The Morgan fingerprint density at radius 2 is 1.80 bits per heavy atom. The Labute approximate surface area is 117 Å². The summed E-state index contributed by atoms with van der Waals surface area (Å²) in [7, 11) is 1.31. The lowest BCUT2D eigenvalue weighted by molar-refractivity contribution is -0.134. The summed E-state index contributed by atoms with van der Waals surface area (Å²) in [6.45, 7) is 1.73. The largest absolute Gasteiger partial charge is 0.464 e. The highest BCUT2D eigenvalue weighted by Crippen LogP contribution is 2.16. The number of allylic oxidation sites excluding steroid dienone is 1. The van der Waals surface area contributed by atoms with Crippen molar-refractivity contribution in [3.05, 3.63) is 66.0 Å². The van der Waals surface area contributed by atoms with Crippen LogP contribution < -0.4 is 0 Å². The van der Waals surface area contributed by atoms with Gasteiger partial charge in [0.15, 0.2) is 0 Å². The van der Waals surface area contributed by atoms with E-state index in [2.05, 4.69) is 0 Å². The molecule has 0 aliphatic heterocycles. The van der Waals surface area contributed by atoms with Gasteiger partial charge in [-0.25, -0.2) is 4.79 Å². The van der Waals surface area contributed by atoms with Crippen molar-refractivity contribution in [2.75, 3.05) is 7.11 Å². The average molecular weight is 269 g/mol. The monoisotopic (exact) mass is 269 g/mol. The van der Waals surface area contributed by atoms with Gasteiger partial charge in [0.25, 0.3) is 0 Å². The number of carbonyl (C=O) groups excluding carboxylic acids is 2. The summed E-state index contributed by atoms with van der Waals surface area (Å²) in [5.74, 6) is -0.621. The van der Waals surface area contributed by atoms with Crippen LogP contribution in [0, 0.1) is 0 Å². The molecule has 0 spiro atoms. The van der Waals surface area contributed by atoms with Gasteiger partial charge in [0, 0.05) is 11.8 Å². The lowest BCUT2D eigenvalue weighted by atomic mass is 10.1. The lowest BCUT2D eigenvalue weighted by Gasteiger charge is -2.10. The van der Waals surface area contributed by atoms with Crippen LogP contribution in [0.4, 0.5) is 0 Å². The fourth-order valence-electron chi connectivity index (χ4n) is 1.97. The zero-order valence-electron chi connectivity index (χ0n) is 11.4. The molecular weight excluding hydrogens is 254 g/mol. The molecule has 1 aromatic carbocycles. The second-order valence-electron chi connectivity index (χ2n) is 4.12. The van der Waals surface area contributed by atoms with E-state index in [4.69, 9.17) is 4.74 Å². The highest BCUT2D eigenvalue weighted by Gasteiger charge is 2.18. The number of hydrogen-bond donors (Lipinski definition) is 0. The van der Waals surface area contributed by atoms with E-state index in [-0.39, 0.29) is 5.78 Å². The van der Waals surface area contributed by atoms with Crippen LogP contribution in [0.25, 0.3) is 5.70 Å². The van der Waals surface area contributed by atoms with Crippen molar-refractivity contribution in [2.45, 2.75) is 6.92 Å². The molecule has 0 saturated heterocycles. The molecule has 2 aromatic rings. The fraction of sp³-hybridized carbons (Fsp3) is 0.125. The Morgan fingerprint density at radius 1 is 1.10 bits per heavy atom. The maximum atomic E-state index is 12.5. The first-order valence-corrected chi connectivity index (χ1v) is 6.21. The number of rotatable bonds is 4. The summed E-state index contributed by atoms with van der Waals surface area (Å²) in [5.41, 5.74) is 1.32. The van der Waals surface area contributed by atoms with Gasteiger partial charge < -0.3 is 9.30 Å². The number of ether oxygens (including phenoxy) is 1. The van der Waals surface area contributed by atoms with E-state index in [0.717, 1.165) is 0 Å². The van der Waals surface area contributed by atoms with Gasteiger partial charge in [0.2, 0.25) is 5.78 Å². The van der Waals surface area contributed by atoms with E-state index in [1.54, 1.807) is 60.2 Å². The normalized spacial score (nSPS) is 11.2. The quantitative estimate of drug-likeness (QED) is 0.487. The van der Waals surface area contributed by atoms with Crippen molar-refractivity contribution < 1.29 is 14.3 Å². The van der Waals surface area contributed by atoms with Gasteiger partial charge in [-0.05, 0) is 19.1 Å². The van der Waals surface area contributed by atoms with Gasteiger partial charge in [-0.15, -0.1) is 0 Å². The fourth-order valence-corrected chi connectivity index (χ4v) is 1.97. The minimum atomic E-state index is -0.481. The molecule has 0 atom stereocenters. The summed E-state index contributed by atoms with van der Waals surface area (Å²) in [6, 6.07) is 12.3. The molecule has 0 aliphatic carbocycles. The highest BCUT2D eigenvalue weighted by molar-refractivity contribution is 6.14. The van der Waals surface area contributed by atoms with Gasteiger partial charge >= 0.3 is 5.97 Å². The number of esters is 1. The minimum absolute atomic E-state index is 0.140. The number of nitrogens with zero attached hydrogens (tertiary/aromatic N) is 1. The van der Waals surface area contributed by atoms with E-state index in [1.807, 2.05) is 6.07 Å². The number of benzene rings is 1. The molecular formula is C16H15NO3. The second-order valence-corrected chi connectivity index (χ2v) is 4.12. The van der Waals surface area contributed by atoms with Gasteiger partial charge in [-0.3, -0.25) is 4.79 Å². The summed E-state index contributed by atoms with van der Waals surface area (Å²) < 4.78 is 6.27. The number of ketones is 1. The topological polar surface area (TPSA) is 48.3 Å². The Balaban J connectivity index is 2.44. The molecule has 1 heterocycles. The molecule has 4 nitrogen and oxygen atoms in total. The van der Waals surface area contributed by atoms with Crippen molar-refractivity contribution in [2.24, 2.45) is 0 Å². The number of methoxy groups -OCH3 is 1. The molecule has 0 amide bonds. The first-order valence-electron chi connectivity index (χ1n) is 6.21. The maximum absolute atomic E-state index is 12.5. The van der Waals surface area contributed by atoms with Crippen LogP contribution in [0.5, 0.6) is 0 Å². The van der Waals surface area contributed by atoms with E-state index in [9.17, 15) is 9.59 Å². The van der Waals surface area contributed by atoms with Crippen molar-refractivity contribution in [1.82, 2.24) is 4.57 Å². The Morgan fingerprint density at radius 3 is 2.40 bits per heavy atom. The third kappa shape index (κ3) is 2.54. The van der Waals surface area contributed by atoms with Crippen LogP contribution in [0.15, 0.2) is 54.7 Å². The zero-order chi connectivity index (χ0) is 14.5. The standard InChI is InChI=1S/C16H15NO3/c1-3-13(16(19)20-2)17-11-7-10-14(17)15(18)12-8-5-4-6-9-12/h3-11H,1-2H3. The van der Waals surface area contributed by atoms with E-state index in [1.165, 1.54) is 7.11 Å². The van der Waals surface area contributed by atoms with Crippen molar-refractivity contribution in [3.8, 4) is 0 Å². The molecule has 0 unspecified atom stereocenters. The van der Waals surface area contributed by atoms with Gasteiger partial charge in [-0.2, -0.15) is 0 Å². The molecule has 0 aliphatic rings. The van der Waals surface area contributed by atoms with Crippen LogP contribution in [-0.2, 0) is 9.53 Å². The smallest absolute Gasteiger partial charge is 0.354 e. The molecule has 0 N–H and O–H groups in total. The Bertz CT molecular complexity index is 653. The molecule has 0 fully saturated rings. The highest BCUT2D eigenvalue weighted by atomic mass is 16.5. The first kappa shape index (κ1) is 13.8. The molecule has 102 valence electrons. The van der Waals surface area contributed by atoms with Crippen LogP contribution in [0.3, 0.4) is 0 Å². The predicted molar refractivity (Wildman–Crippen MR) is 76.3 cm³/mol. The van der Waals surface area contributed by atoms with Crippen molar-refractivity contribution in [3.63, 3.8) is 0 Å². The van der Waals surface area contributed by atoms with Crippen LogP contribution in [-0.4, -0.2) is 23.4 Å². The molecule has 0 saturated carbocycles. The van der Waals surface area contributed by atoms with Gasteiger partial charge in [-0.1, -0.05) is 36.4 Å². The van der Waals surface area contributed by atoms with Gasteiger partial charge in [0.1, 0.15) is 5.70 Å². The average Bonchev–Trinajstić information content (AvgIpc) is 2.97. The predicted octanol–water partition coefficient (Wildman–Crippen LogP) is 2.75. The SMILES string of the molecule is CC=C(C(=O)OC)n1cccc1C(=O)c1ccccc1. The van der Waals surface area contributed by atoms with Crippen molar-refractivity contribution in [1.29, 1.82) is 0 Å². The second kappa shape index (κ2) is 6.02. The number of hydrogen-bond acceptors (Lipinski definition) is 3. The summed E-state index contributed by atoms with van der Waals surface area (Å²) in [4.78, 5) is 24.2. The Kier molecular flexibility index (Phi) is 4.15. The number of aromatic nitrogens is 1. The molecule has 2 rings (SSSR count). The maximum Gasteiger partial charge on any atom is 0.354 e. The first-order chi connectivity index (χ1) is 9.69. The number of carbonyl (C=O) groups is 2. The molecule has 0 bridgehead atoms. The van der Waals surface area contributed by atoms with Crippen LogP contribution in [0.2, 0.25) is 0 Å². The Hall–Kier alpha value is -2.62. The summed E-state index contributed by atoms with van der Waals surface area (Å²) in [5, 5.41) is 0. The van der Waals surface area contributed by atoms with Crippen molar-refractivity contribution >= 4 is 17.4 Å². The van der Waals surface area contributed by atoms with Gasteiger partial charge in [0.05, 0.1) is 12.8 Å². The lowest BCUT2D eigenvalue weighted by Crippen LogP contribution is -2.15.